The van der Waals surface area contributed by atoms with E-state index < -0.39 is 262 Å². The van der Waals surface area contributed by atoms with Crippen molar-refractivity contribution >= 4 is 32.7 Å². The molecule has 38 heteroatoms. The van der Waals surface area contributed by atoms with E-state index in [-0.39, 0.29) is 0 Å². The number of carboxylic acids is 2. The third-order valence-corrected chi connectivity index (χ3v) is 15.4. The van der Waals surface area contributed by atoms with E-state index >= 15 is 0 Å². The summed E-state index contributed by atoms with van der Waals surface area (Å²) in [5.74, 6) is -11.5. The number of hydrogen-bond acceptors (Lipinski definition) is 32. The maximum Gasteiger partial charge on any atom is 0.397 e. The van der Waals surface area contributed by atoms with Gasteiger partial charge < -0.3 is 129 Å². The number of ether oxygens (including phenoxy) is 11. The number of rotatable bonds is 24. The normalized spacial score (nSPS) is 44.9. The molecule has 17 N–H and O–H groups in total. The van der Waals surface area contributed by atoms with Gasteiger partial charge in [-0.3, -0.25) is 9.11 Å². The minimum absolute atomic E-state index is 0.677. The van der Waals surface area contributed by atoms with Gasteiger partial charge in [0.15, 0.2) is 31.3 Å². The van der Waals surface area contributed by atoms with Crippen LogP contribution in [0.25, 0.3) is 0 Å². The number of hydrogen-bond donors (Lipinski definition) is 17. The zero-order valence-corrected chi connectivity index (χ0v) is 43.7. The van der Waals surface area contributed by atoms with Crippen molar-refractivity contribution in [3.63, 3.8) is 0 Å². The van der Waals surface area contributed by atoms with Gasteiger partial charge in [0.05, 0.1) is 89.5 Å². The van der Waals surface area contributed by atoms with Crippen LogP contribution in [0.15, 0.2) is 11.8 Å². The zero-order chi connectivity index (χ0) is 59.5. The predicted molar refractivity (Wildman–Crippen MR) is 244 cm³/mol. The van der Waals surface area contributed by atoms with Crippen LogP contribution in [0.5, 0.6) is 0 Å². The molecule has 6 aliphatic rings. The van der Waals surface area contributed by atoms with Gasteiger partial charge in [-0.25, -0.2) is 18.0 Å². The highest BCUT2D eigenvalue weighted by molar-refractivity contribution is 7.81. The first-order valence-corrected chi connectivity index (χ1v) is 27.3. The molecule has 5 saturated heterocycles. The Bertz CT molecular complexity index is 2280. The Labute approximate surface area is 453 Å². The molecule has 0 amide bonds. The molecule has 5 fully saturated rings. The largest absolute Gasteiger partial charge is 0.479 e. The second-order valence-corrected chi connectivity index (χ2v) is 21.8. The van der Waals surface area contributed by atoms with Gasteiger partial charge in [-0.2, -0.15) is 16.8 Å². The molecule has 464 valence electrons. The third-order valence-electron chi connectivity index (χ3n) is 14.4. The molecule has 0 aromatic heterocycles. The Morgan fingerprint density at radius 2 is 0.938 bits per heavy atom. The molecule has 28 atom stereocenters. The van der Waals surface area contributed by atoms with E-state index in [1.807, 2.05) is 0 Å². The van der Waals surface area contributed by atoms with Crippen LogP contribution in [0, 0.1) is 29.6 Å². The molecule has 0 saturated carbocycles. The van der Waals surface area contributed by atoms with Gasteiger partial charge >= 0.3 is 32.7 Å². The van der Waals surface area contributed by atoms with Gasteiger partial charge in [-0.15, -0.1) is 0 Å². The van der Waals surface area contributed by atoms with Crippen LogP contribution >= 0.6 is 0 Å². The lowest BCUT2D eigenvalue weighted by Gasteiger charge is -2.46. The lowest BCUT2D eigenvalue weighted by molar-refractivity contribution is -0.322. The lowest BCUT2D eigenvalue weighted by Crippen LogP contribution is -2.61. The molecule has 12 unspecified atom stereocenters. The van der Waals surface area contributed by atoms with E-state index in [9.17, 15) is 112 Å². The van der Waals surface area contributed by atoms with Gasteiger partial charge in [-0.05, 0) is 19.9 Å². The van der Waals surface area contributed by atoms with Crippen LogP contribution in [0.4, 0.5) is 0 Å². The first kappa shape index (κ1) is 66.4. The summed E-state index contributed by atoms with van der Waals surface area (Å²) >= 11 is 0. The Morgan fingerprint density at radius 1 is 0.487 bits per heavy atom. The van der Waals surface area contributed by atoms with Gasteiger partial charge in [-0.1, -0.05) is 0 Å². The lowest BCUT2D eigenvalue weighted by atomic mass is 9.79. The summed E-state index contributed by atoms with van der Waals surface area (Å²) in [5.41, 5.74) is 0. The van der Waals surface area contributed by atoms with Crippen LogP contribution in [-0.4, -0.2) is 309 Å². The summed E-state index contributed by atoms with van der Waals surface area (Å²) in [5, 5.41) is 160. The molecule has 6 rings (SSSR count). The fourth-order valence-electron chi connectivity index (χ4n) is 9.97. The van der Waals surface area contributed by atoms with Crippen molar-refractivity contribution in [3.05, 3.63) is 11.8 Å². The number of aliphatic carboxylic acids is 2. The Hall–Kier alpha value is -2.70. The summed E-state index contributed by atoms with van der Waals surface area (Å²) in [6.07, 6.45) is -41.5. The van der Waals surface area contributed by atoms with Gasteiger partial charge in [0.2, 0.25) is 12.0 Å². The second-order valence-electron chi connectivity index (χ2n) is 19.7. The highest BCUT2D eigenvalue weighted by atomic mass is 32.3. The summed E-state index contributed by atoms with van der Waals surface area (Å²) in [6.45, 7) is -3.86. The smallest absolute Gasteiger partial charge is 0.397 e. The van der Waals surface area contributed by atoms with Gasteiger partial charge in [0.1, 0.15) is 67.1 Å². The Morgan fingerprint density at radius 3 is 1.41 bits per heavy atom. The molecule has 0 bridgehead atoms. The number of aliphatic hydroxyl groups excluding tert-OH is 13. The minimum atomic E-state index is -5.28. The third kappa shape index (κ3) is 16.0. The van der Waals surface area contributed by atoms with Crippen molar-refractivity contribution in [1.29, 1.82) is 0 Å². The molecule has 0 aliphatic carbocycles. The second kappa shape index (κ2) is 28.0. The van der Waals surface area contributed by atoms with Gasteiger partial charge in [0, 0.05) is 29.6 Å². The molecule has 80 heavy (non-hydrogen) atoms. The van der Waals surface area contributed by atoms with Crippen LogP contribution in [0.1, 0.15) is 13.8 Å². The van der Waals surface area contributed by atoms with Crippen molar-refractivity contribution in [2.45, 2.75) is 155 Å². The van der Waals surface area contributed by atoms with E-state index in [4.69, 9.17) is 52.1 Å². The van der Waals surface area contributed by atoms with Crippen molar-refractivity contribution in [3.8, 4) is 0 Å². The van der Waals surface area contributed by atoms with Gasteiger partial charge in [0.25, 0.3) is 0 Å². The number of carbonyl (C=O) groups is 2. The molecule has 6 heterocycles. The first-order valence-electron chi connectivity index (χ1n) is 24.6. The summed E-state index contributed by atoms with van der Waals surface area (Å²) < 4.78 is 135. The van der Waals surface area contributed by atoms with E-state index in [0.717, 1.165) is 0 Å². The Kier molecular flexibility index (Phi) is 23.3. The van der Waals surface area contributed by atoms with Crippen LogP contribution in [0.3, 0.4) is 0 Å². The van der Waals surface area contributed by atoms with Crippen molar-refractivity contribution in [2.75, 3.05) is 52.9 Å². The molecule has 6 aliphatic heterocycles. The number of carboxylic acid groups (broad SMARTS) is 2. The minimum Gasteiger partial charge on any atom is -0.479 e. The zero-order valence-electron chi connectivity index (χ0n) is 42.1. The van der Waals surface area contributed by atoms with Crippen LogP contribution in [-0.2, 0) is 90.9 Å². The van der Waals surface area contributed by atoms with E-state index in [2.05, 4.69) is 8.37 Å². The highest BCUT2D eigenvalue weighted by Gasteiger charge is 2.54. The van der Waals surface area contributed by atoms with Crippen molar-refractivity contribution in [1.82, 2.24) is 0 Å². The fraction of sp³-hybridized carbons (Fsp3) is 0.905. The SMILES string of the molecule is CC1O[C@@H](OC[C@@H]2C(CO[C@@H]3OC(C(=O)O)[C@H](COC[C@@H]4OC(CO)[C@H](O)[C@H](CO[C@@H]5OC(C)[C@H](O)[C@H](OS(=O)(=O)O)C5O)C4CO[C@@H]4OC(C(=O)O)=C[C@H](O)C4O)[C@H](O)C3O)C(O)OC(CO)[C@@H]2O)C(O)[C@@H](OS(=O)(=O)O)[C@H]1O. The molecular formula is C42H68O36S2. The number of aliphatic hydroxyl groups is 13. The maximum atomic E-state index is 12.7. The van der Waals surface area contributed by atoms with Crippen molar-refractivity contribution in [2.24, 2.45) is 29.6 Å². The summed E-state index contributed by atoms with van der Waals surface area (Å²) in [4.78, 5) is 24.4. The molecule has 0 radical (unpaired) electrons. The topological polar surface area (TPSA) is 566 Å². The molecular weight excluding hydrogens is 1140 g/mol. The first-order chi connectivity index (χ1) is 37.4. The molecule has 0 aromatic carbocycles. The average Bonchev–Trinajstić information content (AvgIpc) is 3.42. The fourth-order valence-corrected chi connectivity index (χ4v) is 11.0. The molecule has 0 aromatic rings. The van der Waals surface area contributed by atoms with E-state index in [1.165, 1.54) is 13.8 Å². The standard InChI is InChI=1S/C42H68O36S2/c1-12-24(46)34(77-79(60,61)62)31(53)41(71-12)68-8-15-14(7-67-39-29(51)19(45)3-20(75-39)36(55)56)23(73-21(4-43)26(15)48)11-66-6-18-28(50)30(52)40(76-33(18)37(57)58)70-10-17-16(27(49)22(5-44)74-38(17)59)9-69-42-32(54)35(78-80(63,64)65)25(47)13(2)72-42/h3,12-19,21-35,38-54,59H,4-11H2,1-2H3,(H,55,56)(H,57,58)(H,60,61,62)(H,63,64,65)/t12?,13?,14?,15-,16-,17?,18-,19+,21?,22?,23+,24+,25+,26-,27-,28+,29?,30?,31?,32?,33?,34+,35+,38?,39-,40-,41-,42-/m1/s1. The molecule has 0 spiro atoms. The van der Waals surface area contributed by atoms with Crippen LogP contribution in [0.2, 0.25) is 0 Å². The quantitative estimate of drug-likeness (QED) is 0.0399. The van der Waals surface area contributed by atoms with Crippen molar-refractivity contribution < 1.29 is 173 Å². The highest BCUT2D eigenvalue weighted by Crippen LogP contribution is 2.38. The predicted octanol–water partition coefficient (Wildman–Crippen LogP) is -9.77. The monoisotopic (exact) mass is 1210 g/mol. The summed E-state index contributed by atoms with van der Waals surface area (Å²) in [7, 11) is -10.5. The average molecular weight is 1210 g/mol. The molecule has 36 nitrogen and oxygen atoms in total. The van der Waals surface area contributed by atoms with E-state index in [0.29, 0.717) is 6.08 Å². The Balaban J connectivity index is 1.16. The van der Waals surface area contributed by atoms with Crippen LogP contribution < -0.4 is 0 Å². The van der Waals surface area contributed by atoms with E-state index in [1.54, 1.807) is 0 Å². The summed E-state index contributed by atoms with van der Waals surface area (Å²) in [6, 6.07) is 0. The maximum absolute atomic E-state index is 12.7.